The molecule has 40 heavy (non-hydrogen) atoms. The Labute approximate surface area is 240 Å². The molecular weight excluding hydrogens is 526 g/mol. The Hall–Kier alpha value is -3.79. The Morgan fingerprint density at radius 3 is 2.35 bits per heavy atom. The first kappa shape index (κ1) is 29.2. The van der Waals surface area contributed by atoms with E-state index < -0.39 is 0 Å². The first-order valence-corrected chi connectivity index (χ1v) is 14.3. The van der Waals surface area contributed by atoms with Crippen molar-refractivity contribution in [2.24, 2.45) is 0 Å². The van der Waals surface area contributed by atoms with E-state index in [-0.39, 0.29) is 11.8 Å². The van der Waals surface area contributed by atoms with E-state index in [0.29, 0.717) is 42.7 Å². The van der Waals surface area contributed by atoms with E-state index in [2.05, 4.69) is 9.88 Å². The zero-order valence-corrected chi connectivity index (χ0v) is 24.7. The number of hydrogen-bond donors (Lipinski definition) is 0. The number of benzene rings is 2. The van der Waals surface area contributed by atoms with Gasteiger partial charge in [0.05, 0.1) is 14.2 Å². The van der Waals surface area contributed by atoms with E-state index in [1.807, 2.05) is 67.4 Å². The number of anilines is 1. The summed E-state index contributed by atoms with van der Waals surface area (Å²) in [6, 6.07) is 15.7. The monoisotopic (exact) mass is 563 g/mol. The molecule has 212 valence electrons. The minimum absolute atomic E-state index is 0.000230. The second-order valence-electron chi connectivity index (χ2n) is 9.80. The fraction of sp³-hybridized carbons (Fsp3) is 0.400. The van der Waals surface area contributed by atoms with Gasteiger partial charge >= 0.3 is 0 Å². The summed E-state index contributed by atoms with van der Waals surface area (Å²) in [5, 5.41) is 0.699. The number of piperazine rings is 1. The van der Waals surface area contributed by atoms with Crippen molar-refractivity contribution in [3.8, 4) is 11.5 Å². The van der Waals surface area contributed by atoms with Crippen LogP contribution in [0.15, 0.2) is 53.7 Å². The smallest absolute Gasteiger partial charge is 0.253 e. The van der Waals surface area contributed by atoms with Gasteiger partial charge in [-0.2, -0.15) is 0 Å². The highest BCUT2D eigenvalue weighted by molar-refractivity contribution is 7.98. The average Bonchev–Trinajstić information content (AvgIpc) is 2.98. The molecule has 0 bridgehead atoms. The van der Waals surface area contributed by atoms with Crippen LogP contribution in [-0.4, -0.2) is 85.6 Å². The van der Waals surface area contributed by atoms with Gasteiger partial charge in [0.15, 0.2) is 16.7 Å². The molecule has 1 aliphatic rings. The van der Waals surface area contributed by atoms with Crippen molar-refractivity contribution in [2.45, 2.75) is 31.2 Å². The number of carbonyl (C=O) groups excluding carboxylic acids is 2. The van der Waals surface area contributed by atoms with Crippen LogP contribution < -0.4 is 14.4 Å². The van der Waals surface area contributed by atoms with Gasteiger partial charge in [-0.05, 0) is 48.7 Å². The molecule has 1 aliphatic heterocycles. The average molecular weight is 564 g/mol. The SMILES string of the molecule is COc1ccc(CCN(C)c2cc(C)nc(SCc3cccc(C(=O)N4CCN(C(C)=O)CC4)c3)n2)cc1OC. The molecule has 10 heteroatoms. The van der Waals surface area contributed by atoms with Gasteiger partial charge in [0.25, 0.3) is 5.91 Å². The Kier molecular flexibility index (Phi) is 9.87. The summed E-state index contributed by atoms with van der Waals surface area (Å²) in [6.45, 7) is 6.58. The van der Waals surface area contributed by atoms with E-state index >= 15 is 0 Å². The maximum atomic E-state index is 13.1. The second kappa shape index (κ2) is 13.5. The third-order valence-electron chi connectivity index (χ3n) is 6.95. The van der Waals surface area contributed by atoms with E-state index in [0.717, 1.165) is 47.1 Å². The molecule has 1 aromatic heterocycles. The molecule has 0 saturated carbocycles. The first-order valence-electron chi connectivity index (χ1n) is 13.3. The fourth-order valence-electron chi connectivity index (χ4n) is 4.58. The van der Waals surface area contributed by atoms with Gasteiger partial charge in [-0.15, -0.1) is 0 Å². The molecule has 4 rings (SSSR count). The lowest BCUT2D eigenvalue weighted by Gasteiger charge is -2.34. The van der Waals surface area contributed by atoms with E-state index in [1.165, 1.54) is 0 Å². The van der Waals surface area contributed by atoms with Crippen molar-refractivity contribution in [3.63, 3.8) is 0 Å². The highest BCUT2D eigenvalue weighted by atomic mass is 32.2. The number of methoxy groups -OCH3 is 2. The predicted molar refractivity (Wildman–Crippen MR) is 157 cm³/mol. The summed E-state index contributed by atoms with van der Waals surface area (Å²) in [6.07, 6.45) is 0.826. The zero-order valence-electron chi connectivity index (χ0n) is 23.8. The van der Waals surface area contributed by atoms with Crippen LogP contribution in [0.1, 0.15) is 34.1 Å². The molecule has 2 aromatic carbocycles. The summed E-state index contributed by atoms with van der Waals surface area (Å²) >= 11 is 1.55. The predicted octanol–water partition coefficient (Wildman–Crippen LogP) is 4.08. The Bertz CT molecular complexity index is 1340. The van der Waals surface area contributed by atoms with E-state index in [1.54, 1.807) is 37.8 Å². The molecule has 0 atom stereocenters. The number of nitrogens with zero attached hydrogens (tertiary/aromatic N) is 5. The number of carbonyl (C=O) groups is 2. The lowest BCUT2D eigenvalue weighted by molar-refractivity contribution is -0.130. The lowest BCUT2D eigenvalue weighted by atomic mass is 10.1. The number of ether oxygens (including phenoxy) is 2. The minimum Gasteiger partial charge on any atom is -0.493 e. The van der Waals surface area contributed by atoms with Crippen LogP contribution >= 0.6 is 11.8 Å². The van der Waals surface area contributed by atoms with Crippen molar-refractivity contribution >= 4 is 29.4 Å². The highest BCUT2D eigenvalue weighted by Gasteiger charge is 2.23. The maximum absolute atomic E-state index is 13.1. The lowest BCUT2D eigenvalue weighted by Crippen LogP contribution is -2.50. The van der Waals surface area contributed by atoms with E-state index in [4.69, 9.17) is 14.5 Å². The third kappa shape index (κ3) is 7.44. The number of thioether (sulfide) groups is 1. The maximum Gasteiger partial charge on any atom is 0.253 e. The van der Waals surface area contributed by atoms with Gasteiger partial charge in [0, 0.05) is 69.8 Å². The van der Waals surface area contributed by atoms with Crippen LogP contribution in [0.2, 0.25) is 0 Å². The molecule has 2 amide bonds. The number of likely N-dealkylation sites (N-methyl/N-ethyl adjacent to an activating group) is 1. The van der Waals surface area contributed by atoms with Crippen molar-refractivity contribution in [2.75, 3.05) is 58.9 Å². The molecular formula is C30H37N5O4S. The van der Waals surface area contributed by atoms with Gasteiger partial charge in [0.2, 0.25) is 5.91 Å². The van der Waals surface area contributed by atoms with Crippen LogP contribution in [0, 0.1) is 6.92 Å². The molecule has 0 aliphatic carbocycles. The van der Waals surface area contributed by atoms with Gasteiger partial charge < -0.3 is 24.2 Å². The Balaban J connectivity index is 1.36. The molecule has 1 saturated heterocycles. The van der Waals surface area contributed by atoms with Crippen molar-refractivity contribution in [1.82, 2.24) is 19.8 Å². The standard InChI is InChI=1S/C30H37N5O4S/c1-21-17-28(33(3)12-11-23-9-10-26(38-4)27(19-23)39-5)32-30(31-21)40-20-24-7-6-8-25(18-24)29(37)35-15-13-34(14-16-35)22(2)36/h6-10,17-19H,11-16,20H2,1-5H3. The molecule has 0 unspecified atom stereocenters. The second-order valence-corrected chi connectivity index (χ2v) is 10.7. The molecule has 2 heterocycles. The Morgan fingerprint density at radius 1 is 0.925 bits per heavy atom. The number of amides is 2. The zero-order chi connectivity index (χ0) is 28.6. The van der Waals surface area contributed by atoms with Crippen molar-refractivity contribution in [3.05, 3.63) is 70.9 Å². The summed E-state index contributed by atoms with van der Waals surface area (Å²) in [5.41, 5.74) is 3.75. The third-order valence-corrected chi connectivity index (χ3v) is 7.87. The van der Waals surface area contributed by atoms with Crippen LogP contribution in [0.4, 0.5) is 5.82 Å². The Morgan fingerprint density at radius 2 is 1.65 bits per heavy atom. The summed E-state index contributed by atoms with van der Waals surface area (Å²) in [7, 11) is 5.31. The summed E-state index contributed by atoms with van der Waals surface area (Å²) < 4.78 is 10.8. The van der Waals surface area contributed by atoms with Gasteiger partial charge in [-0.1, -0.05) is 30.0 Å². The number of rotatable bonds is 10. The molecule has 0 radical (unpaired) electrons. The van der Waals surface area contributed by atoms with Crippen LogP contribution in [0.3, 0.4) is 0 Å². The highest BCUT2D eigenvalue weighted by Crippen LogP contribution is 2.28. The largest absolute Gasteiger partial charge is 0.493 e. The molecule has 3 aromatic rings. The molecule has 1 fully saturated rings. The van der Waals surface area contributed by atoms with Crippen LogP contribution in [0.5, 0.6) is 11.5 Å². The van der Waals surface area contributed by atoms with Crippen molar-refractivity contribution in [1.29, 1.82) is 0 Å². The number of hydrogen-bond acceptors (Lipinski definition) is 8. The number of aromatic nitrogens is 2. The fourth-order valence-corrected chi connectivity index (χ4v) is 5.42. The summed E-state index contributed by atoms with van der Waals surface area (Å²) in [4.78, 5) is 39.8. The van der Waals surface area contributed by atoms with Gasteiger partial charge in [-0.3, -0.25) is 9.59 Å². The normalized spacial score (nSPS) is 13.2. The van der Waals surface area contributed by atoms with Crippen LogP contribution in [0.25, 0.3) is 0 Å². The van der Waals surface area contributed by atoms with Crippen molar-refractivity contribution < 1.29 is 19.1 Å². The molecule has 0 N–H and O–H groups in total. The summed E-state index contributed by atoms with van der Waals surface area (Å²) in [5.74, 6) is 3.01. The van der Waals surface area contributed by atoms with E-state index in [9.17, 15) is 9.59 Å². The molecule has 9 nitrogen and oxygen atoms in total. The van der Waals surface area contributed by atoms with Gasteiger partial charge in [0.1, 0.15) is 5.82 Å². The van der Waals surface area contributed by atoms with Gasteiger partial charge in [-0.25, -0.2) is 9.97 Å². The minimum atomic E-state index is 0.000230. The quantitative estimate of drug-likeness (QED) is 0.269. The number of aryl methyl sites for hydroxylation is 1. The molecule has 0 spiro atoms. The first-order chi connectivity index (χ1) is 19.3. The topological polar surface area (TPSA) is 88.1 Å². The van der Waals surface area contributed by atoms with Crippen LogP contribution in [-0.2, 0) is 17.0 Å².